The first-order valence-electron chi connectivity index (χ1n) is 12.3. The molecule has 2 atom stereocenters. The van der Waals surface area contributed by atoms with E-state index < -0.39 is 6.10 Å². The molecule has 4 aromatic rings. The van der Waals surface area contributed by atoms with Gasteiger partial charge in [-0.3, -0.25) is 9.78 Å². The van der Waals surface area contributed by atoms with Crippen molar-refractivity contribution in [2.24, 2.45) is 5.92 Å². The molecule has 0 spiro atoms. The highest BCUT2D eigenvalue weighted by molar-refractivity contribution is 6.33. The molecular formula is C30H29ClN2O2. The van der Waals surface area contributed by atoms with E-state index in [1.54, 1.807) is 12.4 Å². The molecule has 1 saturated carbocycles. The second kappa shape index (κ2) is 9.88. The number of aromatic nitrogens is 2. The molecule has 0 saturated heterocycles. The maximum atomic E-state index is 13.4. The van der Waals surface area contributed by atoms with E-state index in [0.717, 1.165) is 70.0 Å². The molecule has 0 bridgehead atoms. The fraction of sp³-hybridized carbons (Fsp3) is 0.300. The molecule has 2 aromatic carbocycles. The summed E-state index contributed by atoms with van der Waals surface area (Å²) < 4.78 is 0. The minimum absolute atomic E-state index is 0.00458. The van der Waals surface area contributed by atoms with E-state index in [2.05, 4.69) is 24.9 Å². The number of aryl methyl sites for hydroxylation is 2. The fourth-order valence-electron chi connectivity index (χ4n) is 5.53. The van der Waals surface area contributed by atoms with Crippen LogP contribution >= 0.6 is 11.6 Å². The Bertz CT molecular complexity index is 1400. The number of aliphatic hydroxyl groups excluding tert-OH is 1. The van der Waals surface area contributed by atoms with Crippen LogP contribution in [0.25, 0.3) is 33.2 Å². The van der Waals surface area contributed by atoms with Gasteiger partial charge >= 0.3 is 0 Å². The molecule has 1 fully saturated rings. The molecule has 1 aliphatic rings. The summed E-state index contributed by atoms with van der Waals surface area (Å²) in [5.41, 5.74) is 7.40. The van der Waals surface area contributed by atoms with E-state index in [1.165, 1.54) is 0 Å². The fourth-order valence-corrected chi connectivity index (χ4v) is 5.77. The van der Waals surface area contributed by atoms with Crippen molar-refractivity contribution in [1.82, 2.24) is 9.97 Å². The van der Waals surface area contributed by atoms with Crippen LogP contribution in [0.5, 0.6) is 0 Å². The first-order chi connectivity index (χ1) is 16.9. The van der Waals surface area contributed by atoms with Crippen molar-refractivity contribution < 1.29 is 9.90 Å². The molecule has 5 rings (SSSR count). The van der Waals surface area contributed by atoms with Crippen LogP contribution in [-0.2, 0) is 0 Å². The molecule has 2 aromatic heterocycles. The number of fused-ring (bicyclic) bond motifs is 1. The van der Waals surface area contributed by atoms with E-state index in [0.29, 0.717) is 17.1 Å². The van der Waals surface area contributed by atoms with Crippen molar-refractivity contribution in [2.45, 2.75) is 52.1 Å². The highest BCUT2D eigenvalue weighted by atomic mass is 35.5. The zero-order valence-corrected chi connectivity index (χ0v) is 20.8. The summed E-state index contributed by atoms with van der Waals surface area (Å²) in [6, 6.07) is 15.7. The lowest BCUT2D eigenvalue weighted by molar-refractivity contribution is 0.0581. The van der Waals surface area contributed by atoms with Gasteiger partial charge in [-0.05, 0) is 90.8 Å². The van der Waals surface area contributed by atoms with Crippen LogP contribution in [0.4, 0.5) is 0 Å². The minimum atomic E-state index is -0.413. The second-order valence-electron chi connectivity index (χ2n) is 9.60. The number of aliphatic hydroxyl groups is 1. The van der Waals surface area contributed by atoms with Crippen molar-refractivity contribution in [3.8, 4) is 22.3 Å². The Labute approximate surface area is 211 Å². The largest absolute Gasteiger partial charge is 0.393 e. The van der Waals surface area contributed by atoms with E-state index in [1.807, 2.05) is 42.5 Å². The Morgan fingerprint density at radius 2 is 1.77 bits per heavy atom. The number of halogens is 1. The van der Waals surface area contributed by atoms with Gasteiger partial charge in [0.15, 0.2) is 5.78 Å². The third-order valence-corrected chi connectivity index (χ3v) is 7.61. The van der Waals surface area contributed by atoms with Crippen molar-refractivity contribution in [3.05, 3.63) is 82.8 Å². The van der Waals surface area contributed by atoms with Gasteiger partial charge in [0.05, 0.1) is 11.6 Å². The second-order valence-corrected chi connectivity index (χ2v) is 10.0. The zero-order valence-electron chi connectivity index (χ0n) is 20.1. The first-order valence-corrected chi connectivity index (χ1v) is 12.6. The maximum Gasteiger partial charge on any atom is 0.181 e. The molecule has 178 valence electrons. The van der Waals surface area contributed by atoms with E-state index in [-0.39, 0.29) is 11.7 Å². The highest BCUT2D eigenvalue weighted by Crippen LogP contribution is 2.40. The number of pyridine rings is 2. The van der Waals surface area contributed by atoms with Gasteiger partial charge in [0, 0.05) is 34.8 Å². The molecule has 5 heteroatoms. The van der Waals surface area contributed by atoms with Crippen LogP contribution in [0.3, 0.4) is 0 Å². The average molecular weight is 485 g/mol. The van der Waals surface area contributed by atoms with Crippen LogP contribution in [0, 0.1) is 19.8 Å². The number of Topliss-reactive ketones (excluding diaryl/α,β-unsaturated/α-hetero) is 1. The third-order valence-electron chi connectivity index (χ3n) is 7.28. The van der Waals surface area contributed by atoms with E-state index in [9.17, 15) is 9.90 Å². The molecule has 0 radical (unpaired) electrons. The van der Waals surface area contributed by atoms with Crippen LogP contribution in [0.2, 0.25) is 5.02 Å². The van der Waals surface area contributed by atoms with Crippen molar-refractivity contribution in [1.29, 1.82) is 0 Å². The summed E-state index contributed by atoms with van der Waals surface area (Å²) >= 11 is 6.66. The molecule has 0 amide bonds. The summed E-state index contributed by atoms with van der Waals surface area (Å²) in [4.78, 5) is 22.4. The van der Waals surface area contributed by atoms with Crippen LogP contribution < -0.4 is 0 Å². The van der Waals surface area contributed by atoms with Gasteiger partial charge in [-0.2, -0.15) is 0 Å². The number of hydrogen-bond acceptors (Lipinski definition) is 4. The molecule has 1 aliphatic carbocycles. The van der Waals surface area contributed by atoms with Gasteiger partial charge in [-0.15, -0.1) is 0 Å². The van der Waals surface area contributed by atoms with Gasteiger partial charge in [-0.25, -0.2) is 4.98 Å². The maximum absolute atomic E-state index is 13.4. The quantitative estimate of drug-likeness (QED) is 0.300. The van der Waals surface area contributed by atoms with Crippen LogP contribution in [0.15, 0.2) is 60.9 Å². The van der Waals surface area contributed by atoms with Gasteiger partial charge in [0.1, 0.15) is 5.69 Å². The molecule has 2 heterocycles. The predicted molar refractivity (Wildman–Crippen MR) is 142 cm³/mol. The molecule has 0 unspecified atom stereocenters. The van der Waals surface area contributed by atoms with Gasteiger partial charge < -0.3 is 5.11 Å². The molecular weight excluding hydrogens is 456 g/mol. The number of nitrogens with zero attached hydrogens (tertiary/aromatic N) is 2. The standard InChI is InChI=1S/C30H29ClN2O2/c1-18-15-26-30(19(2)29(18)20-11-13-32-14-12-20)23(22-8-4-5-9-24(22)31)17-25(33-26)28(35)16-21-7-3-6-10-27(21)34/h4-5,8-9,11-15,17,21,27,34H,3,6-7,10,16H2,1-2H3/t21-,27+/m1/s1. The minimum Gasteiger partial charge on any atom is -0.393 e. The summed E-state index contributed by atoms with van der Waals surface area (Å²) in [5, 5.41) is 12.0. The topological polar surface area (TPSA) is 63.1 Å². The van der Waals surface area contributed by atoms with Gasteiger partial charge in [0.25, 0.3) is 0 Å². The average Bonchev–Trinajstić information content (AvgIpc) is 2.85. The lowest BCUT2D eigenvalue weighted by Crippen LogP contribution is -2.27. The lowest BCUT2D eigenvalue weighted by atomic mass is 9.82. The highest BCUT2D eigenvalue weighted by Gasteiger charge is 2.27. The summed E-state index contributed by atoms with van der Waals surface area (Å²) in [6.07, 6.45) is 7.23. The number of hydrogen-bond donors (Lipinski definition) is 1. The van der Waals surface area contributed by atoms with Gasteiger partial charge in [0.2, 0.25) is 0 Å². The van der Waals surface area contributed by atoms with Gasteiger partial charge in [-0.1, -0.05) is 42.6 Å². The van der Waals surface area contributed by atoms with Crippen molar-refractivity contribution >= 4 is 28.3 Å². The number of benzene rings is 2. The van der Waals surface area contributed by atoms with Crippen LogP contribution in [0.1, 0.15) is 53.7 Å². The van der Waals surface area contributed by atoms with E-state index >= 15 is 0 Å². The zero-order chi connectivity index (χ0) is 24.5. The molecule has 4 nitrogen and oxygen atoms in total. The number of carbonyl (C=O) groups is 1. The van der Waals surface area contributed by atoms with Crippen molar-refractivity contribution in [3.63, 3.8) is 0 Å². The van der Waals surface area contributed by atoms with Crippen molar-refractivity contribution in [2.75, 3.05) is 0 Å². The Morgan fingerprint density at radius 3 is 2.51 bits per heavy atom. The normalized spacial score (nSPS) is 18.1. The Kier molecular flexibility index (Phi) is 6.68. The Morgan fingerprint density at radius 1 is 1.03 bits per heavy atom. The number of ketones is 1. The predicted octanol–water partition coefficient (Wildman–Crippen LogP) is 7.36. The SMILES string of the molecule is Cc1cc2nc(C(=O)C[C@H]3CCCC[C@@H]3O)cc(-c3ccccc3Cl)c2c(C)c1-c1ccncc1. The smallest absolute Gasteiger partial charge is 0.181 e. The monoisotopic (exact) mass is 484 g/mol. The first kappa shape index (κ1) is 23.7. The Balaban J connectivity index is 1.70. The molecule has 1 N–H and O–H groups in total. The van der Waals surface area contributed by atoms with E-state index in [4.69, 9.17) is 16.6 Å². The number of carbonyl (C=O) groups excluding carboxylic acids is 1. The van der Waals surface area contributed by atoms with Crippen LogP contribution in [-0.4, -0.2) is 27.0 Å². The number of rotatable bonds is 5. The lowest BCUT2D eigenvalue weighted by Gasteiger charge is -2.27. The Hall–Kier alpha value is -3.08. The molecule has 0 aliphatic heterocycles. The molecule has 35 heavy (non-hydrogen) atoms. The summed E-state index contributed by atoms with van der Waals surface area (Å²) in [6.45, 7) is 4.18. The summed E-state index contributed by atoms with van der Waals surface area (Å²) in [7, 11) is 0. The third kappa shape index (κ3) is 4.61. The summed E-state index contributed by atoms with van der Waals surface area (Å²) in [5.74, 6) is -0.0327.